The molecule has 0 bridgehead atoms. The van der Waals surface area contributed by atoms with Gasteiger partial charge in [0.05, 0.1) is 5.69 Å². The standard InChI is InChI=1S/C20H29BrClN3O2/c1-6-9-17(23)16-11-10-15(22)14-18(16)25(21)13-8-7-12-24(5)19(26)27-20(2,3)4/h6,9-11,14H,1,7-8,12-13,23H2,2-5H3/b17-9+. The highest BCUT2D eigenvalue weighted by atomic mass is 79.9. The molecule has 0 aromatic heterocycles. The number of benzene rings is 1. The molecule has 0 saturated carbocycles. The lowest BCUT2D eigenvalue weighted by atomic mass is 10.1. The van der Waals surface area contributed by atoms with E-state index in [1.807, 2.05) is 36.8 Å². The summed E-state index contributed by atoms with van der Waals surface area (Å²) in [4.78, 5) is 13.6. The van der Waals surface area contributed by atoms with Crippen molar-refractivity contribution in [2.45, 2.75) is 39.2 Å². The molecule has 0 atom stereocenters. The second-order valence-corrected chi connectivity index (χ2v) is 8.51. The van der Waals surface area contributed by atoms with E-state index < -0.39 is 5.60 Å². The van der Waals surface area contributed by atoms with Gasteiger partial charge >= 0.3 is 6.09 Å². The van der Waals surface area contributed by atoms with Crippen LogP contribution >= 0.6 is 27.7 Å². The number of allylic oxidation sites excluding steroid dienone is 2. The molecule has 0 aliphatic heterocycles. The summed E-state index contributed by atoms with van der Waals surface area (Å²) in [6.07, 6.45) is 4.81. The number of carbonyl (C=O) groups is 1. The van der Waals surface area contributed by atoms with Crippen LogP contribution in [0.3, 0.4) is 0 Å². The molecule has 0 saturated heterocycles. The first-order valence-electron chi connectivity index (χ1n) is 8.80. The Morgan fingerprint density at radius 3 is 2.56 bits per heavy atom. The van der Waals surface area contributed by atoms with Gasteiger partial charge in [0.25, 0.3) is 0 Å². The topological polar surface area (TPSA) is 58.8 Å². The summed E-state index contributed by atoms with van der Waals surface area (Å²) in [5.74, 6) is 0. The largest absolute Gasteiger partial charge is 0.444 e. The Balaban J connectivity index is 2.62. The highest BCUT2D eigenvalue weighted by molar-refractivity contribution is 9.10. The van der Waals surface area contributed by atoms with Gasteiger partial charge in [0.15, 0.2) is 0 Å². The zero-order chi connectivity index (χ0) is 20.6. The minimum atomic E-state index is -0.486. The van der Waals surface area contributed by atoms with E-state index >= 15 is 0 Å². The minimum absolute atomic E-state index is 0.308. The van der Waals surface area contributed by atoms with Crippen molar-refractivity contribution in [2.75, 3.05) is 24.1 Å². The van der Waals surface area contributed by atoms with Crippen LogP contribution in [0.2, 0.25) is 5.02 Å². The third kappa shape index (κ3) is 8.26. The molecule has 2 N–H and O–H groups in total. The molecule has 150 valence electrons. The first-order chi connectivity index (χ1) is 12.5. The van der Waals surface area contributed by atoms with Gasteiger partial charge in [0.1, 0.15) is 5.60 Å². The Kier molecular flexibility index (Phi) is 9.19. The van der Waals surface area contributed by atoms with E-state index in [0.717, 1.165) is 30.6 Å². The van der Waals surface area contributed by atoms with Gasteiger partial charge in [-0.05, 0) is 57.9 Å². The van der Waals surface area contributed by atoms with Crippen LogP contribution in [0.5, 0.6) is 0 Å². The fraction of sp³-hybridized carbons (Fsp3) is 0.450. The molecule has 0 spiro atoms. The zero-order valence-electron chi connectivity index (χ0n) is 16.5. The van der Waals surface area contributed by atoms with Crippen molar-refractivity contribution < 1.29 is 9.53 Å². The third-order valence-electron chi connectivity index (χ3n) is 3.63. The summed E-state index contributed by atoms with van der Waals surface area (Å²) in [5.41, 5.74) is 8.01. The summed E-state index contributed by atoms with van der Waals surface area (Å²) in [6.45, 7) is 10.6. The number of nitrogens with two attached hydrogens (primary N) is 1. The second-order valence-electron chi connectivity index (χ2n) is 7.21. The Bertz CT molecular complexity index is 686. The molecule has 1 rings (SSSR count). The van der Waals surface area contributed by atoms with Crippen molar-refractivity contribution in [1.29, 1.82) is 0 Å². The molecule has 27 heavy (non-hydrogen) atoms. The molecule has 1 aromatic rings. The molecular weight excluding hydrogens is 430 g/mol. The molecule has 5 nitrogen and oxygen atoms in total. The Morgan fingerprint density at radius 2 is 1.96 bits per heavy atom. The maximum Gasteiger partial charge on any atom is 0.410 e. The molecule has 0 heterocycles. The second kappa shape index (κ2) is 10.6. The lowest BCUT2D eigenvalue weighted by Crippen LogP contribution is -2.34. The van der Waals surface area contributed by atoms with E-state index in [1.165, 1.54) is 0 Å². The first-order valence-corrected chi connectivity index (χ1v) is 9.89. The van der Waals surface area contributed by atoms with Crippen LogP contribution in [-0.2, 0) is 4.74 Å². The molecule has 0 unspecified atom stereocenters. The van der Waals surface area contributed by atoms with Gasteiger partial charge in [0, 0.05) is 52.6 Å². The smallest absolute Gasteiger partial charge is 0.410 e. The average Bonchev–Trinajstić information content (AvgIpc) is 2.56. The maximum atomic E-state index is 12.0. The monoisotopic (exact) mass is 457 g/mol. The van der Waals surface area contributed by atoms with E-state index in [0.29, 0.717) is 17.3 Å². The predicted octanol–water partition coefficient (Wildman–Crippen LogP) is 5.59. The first kappa shape index (κ1) is 23.4. The number of nitrogens with zero attached hydrogens (tertiary/aromatic N) is 2. The van der Waals surface area contributed by atoms with Gasteiger partial charge in [-0.2, -0.15) is 0 Å². The Labute approximate surface area is 176 Å². The van der Waals surface area contributed by atoms with E-state index in [1.54, 1.807) is 30.2 Å². The number of unbranched alkanes of at least 4 members (excludes halogenated alkanes) is 1. The minimum Gasteiger partial charge on any atom is -0.444 e. The molecule has 0 fully saturated rings. The van der Waals surface area contributed by atoms with Crippen molar-refractivity contribution in [1.82, 2.24) is 4.90 Å². The summed E-state index contributed by atoms with van der Waals surface area (Å²) in [6, 6.07) is 5.56. The van der Waals surface area contributed by atoms with Crippen molar-refractivity contribution in [2.24, 2.45) is 5.73 Å². The summed E-state index contributed by atoms with van der Waals surface area (Å²) in [7, 11) is 1.75. The van der Waals surface area contributed by atoms with Crippen molar-refractivity contribution in [3.05, 3.63) is 47.5 Å². The molecule has 1 amide bonds. The number of hydrogen-bond donors (Lipinski definition) is 1. The number of ether oxygens (including phenoxy) is 1. The highest BCUT2D eigenvalue weighted by Crippen LogP contribution is 2.30. The number of hydrogen-bond acceptors (Lipinski definition) is 4. The zero-order valence-corrected chi connectivity index (χ0v) is 18.8. The number of anilines is 1. The SMILES string of the molecule is C=C/C=C(/N)c1ccc(Cl)cc1N(Br)CCCCN(C)C(=O)OC(C)(C)C. The normalized spacial score (nSPS) is 11.9. The van der Waals surface area contributed by atoms with Crippen LogP contribution in [0.1, 0.15) is 39.2 Å². The molecule has 0 radical (unpaired) electrons. The summed E-state index contributed by atoms with van der Waals surface area (Å²) in [5, 5.41) is 0.634. The Hall–Kier alpha value is -1.66. The van der Waals surface area contributed by atoms with Gasteiger partial charge in [-0.25, -0.2) is 4.79 Å². The van der Waals surface area contributed by atoms with Crippen LogP contribution in [0, 0.1) is 0 Å². The van der Waals surface area contributed by atoms with Crippen LogP contribution in [0.15, 0.2) is 36.9 Å². The predicted molar refractivity (Wildman–Crippen MR) is 118 cm³/mol. The summed E-state index contributed by atoms with van der Waals surface area (Å²) >= 11 is 9.73. The van der Waals surface area contributed by atoms with Gasteiger partial charge in [0.2, 0.25) is 0 Å². The van der Waals surface area contributed by atoms with Crippen LogP contribution < -0.4 is 9.66 Å². The Morgan fingerprint density at radius 1 is 1.33 bits per heavy atom. The van der Waals surface area contributed by atoms with Crippen LogP contribution in [0.4, 0.5) is 10.5 Å². The van der Waals surface area contributed by atoms with E-state index in [9.17, 15) is 4.79 Å². The third-order valence-corrected chi connectivity index (χ3v) is 4.60. The van der Waals surface area contributed by atoms with E-state index in [4.69, 9.17) is 22.1 Å². The number of rotatable bonds is 8. The van der Waals surface area contributed by atoms with Crippen LogP contribution in [0.25, 0.3) is 5.70 Å². The molecule has 1 aromatic carbocycles. The quantitative estimate of drug-likeness (QED) is 0.313. The van der Waals surface area contributed by atoms with E-state index in [2.05, 4.69) is 22.7 Å². The number of amides is 1. The highest BCUT2D eigenvalue weighted by Gasteiger charge is 2.19. The molecule has 7 heteroatoms. The number of carbonyl (C=O) groups excluding carboxylic acids is 1. The molecule has 0 aliphatic carbocycles. The van der Waals surface area contributed by atoms with Gasteiger partial charge < -0.3 is 19.3 Å². The lowest BCUT2D eigenvalue weighted by Gasteiger charge is -2.25. The fourth-order valence-corrected chi connectivity index (χ4v) is 3.03. The van der Waals surface area contributed by atoms with Gasteiger partial charge in [-0.1, -0.05) is 24.3 Å². The van der Waals surface area contributed by atoms with Crippen molar-refractivity contribution in [3.63, 3.8) is 0 Å². The van der Waals surface area contributed by atoms with Gasteiger partial charge in [-0.15, -0.1) is 0 Å². The lowest BCUT2D eigenvalue weighted by molar-refractivity contribution is 0.0296. The van der Waals surface area contributed by atoms with Crippen molar-refractivity contribution >= 4 is 45.2 Å². The molecule has 0 aliphatic rings. The van der Waals surface area contributed by atoms with Crippen LogP contribution in [-0.4, -0.2) is 36.7 Å². The maximum absolute atomic E-state index is 12.0. The molecular formula is C20H29BrClN3O2. The fourth-order valence-electron chi connectivity index (χ4n) is 2.32. The number of halogens is 2. The van der Waals surface area contributed by atoms with Gasteiger partial charge in [-0.3, -0.25) is 0 Å². The van der Waals surface area contributed by atoms with E-state index in [-0.39, 0.29) is 6.09 Å². The van der Waals surface area contributed by atoms with Crippen molar-refractivity contribution in [3.8, 4) is 0 Å². The average molecular weight is 459 g/mol. The summed E-state index contributed by atoms with van der Waals surface area (Å²) < 4.78 is 7.29.